The van der Waals surface area contributed by atoms with Crippen molar-refractivity contribution in [2.45, 2.75) is 26.3 Å². The molecule has 0 radical (unpaired) electrons. The normalized spacial score (nSPS) is 18.2. The Labute approximate surface area is 184 Å². The number of methoxy groups -OCH3 is 1. The summed E-state index contributed by atoms with van der Waals surface area (Å²) in [5, 5.41) is 21.3. The molecule has 0 spiro atoms. The first-order chi connectivity index (χ1) is 14.2. The largest absolute Gasteiger partial charge is 0.507 e. The predicted molar refractivity (Wildman–Crippen MR) is 115 cm³/mol. The number of benzene rings is 2. The number of phenolic OH excluding ortho intramolecular Hbond substituents is 1. The van der Waals surface area contributed by atoms with Crippen molar-refractivity contribution < 1.29 is 24.5 Å². The molecule has 1 heterocycles. The minimum Gasteiger partial charge on any atom is -0.507 e. The van der Waals surface area contributed by atoms with Crippen molar-refractivity contribution in [2.24, 2.45) is 0 Å². The van der Waals surface area contributed by atoms with Crippen LogP contribution in [-0.4, -0.2) is 40.5 Å². The van der Waals surface area contributed by atoms with E-state index in [0.29, 0.717) is 18.5 Å². The Balaban J connectivity index is 2.30. The van der Waals surface area contributed by atoms with E-state index in [-0.39, 0.29) is 38.4 Å². The van der Waals surface area contributed by atoms with Crippen LogP contribution in [0, 0.1) is 6.92 Å². The Morgan fingerprint density at radius 1 is 1.17 bits per heavy atom. The summed E-state index contributed by atoms with van der Waals surface area (Å²) in [5.74, 6) is -1.84. The standard InChI is InChI=1S/C22H21Cl2NO5/c1-4-7-25-18(12-5-6-16(26)14(23)10-12)17(20(28)22(25)29)19(27)13-8-11(2)9-15(24)21(13)30-3/h5-6,8-10,18,26-27H,4,7H2,1-3H3/b19-17+. The van der Waals surface area contributed by atoms with Crippen LogP contribution in [0.2, 0.25) is 10.0 Å². The highest BCUT2D eigenvalue weighted by atomic mass is 35.5. The molecule has 3 rings (SSSR count). The van der Waals surface area contributed by atoms with Gasteiger partial charge in [0.05, 0.1) is 34.3 Å². The lowest BCUT2D eigenvalue weighted by Crippen LogP contribution is -2.30. The van der Waals surface area contributed by atoms with Crippen LogP contribution in [0.1, 0.15) is 36.1 Å². The Kier molecular flexibility index (Phi) is 6.29. The number of aliphatic hydroxyl groups is 1. The molecule has 8 heteroatoms. The quantitative estimate of drug-likeness (QED) is 0.387. The summed E-state index contributed by atoms with van der Waals surface area (Å²) in [4.78, 5) is 27.1. The fourth-order valence-electron chi connectivity index (χ4n) is 3.65. The number of amides is 1. The van der Waals surface area contributed by atoms with E-state index in [0.717, 1.165) is 5.56 Å². The van der Waals surface area contributed by atoms with Crippen LogP contribution < -0.4 is 4.74 Å². The Hall–Kier alpha value is -2.70. The number of halogens is 2. The second-order valence-electron chi connectivity index (χ2n) is 7.03. The summed E-state index contributed by atoms with van der Waals surface area (Å²) < 4.78 is 5.33. The van der Waals surface area contributed by atoms with Gasteiger partial charge in [-0.3, -0.25) is 9.59 Å². The monoisotopic (exact) mass is 449 g/mol. The molecule has 1 aliphatic heterocycles. The number of Topliss-reactive ketones (excluding diaryl/α,β-unsaturated/α-hetero) is 1. The van der Waals surface area contributed by atoms with E-state index in [2.05, 4.69) is 0 Å². The van der Waals surface area contributed by atoms with Gasteiger partial charge in [0.25, 0.3) is 11.7 Å². The number of carbonyl (C=O) groups excluding carboxylic acids is 2. The van der Waals surface area contributed by atoms with Crippen molar-refractivity contribution in [2.75, 3.05) is 13.7 Å². The number of likely N-dealkylation sites (tertiary alicyclic amines) is 1. The van der Waals surface area contributed by atoms with Crippen LogP contribution in [0.25, 0.3) is 5.76 Å². The number of hydrogen-bond donors (Lipinski definition) is 2. The van der Waals surface area contributed by atoms with Gasteiger partial charge in [-0.15, -0.1) is 0 Å². The van der Waals surface area contributed by atoms with E-state index >= 15 is 0 Å². The molecule has 158 valence electrons. The highest BCUT2D eigenvalue weighted by molar-refractivity contribution is 6.46. The highest BCUT2D eigenvalue weighted by Crippen LogP contribution is 2.43. The maximum atomic E-state index is 12.9. The van der Waals surface area contributed by atoms with Crippen molar-refractivity contribution in [1.82, 2.24) is 4.90 Å². The Bertz CT molecular complexity index is 1060. The van der Waals surface area contributed by atoms with Gasteiger partial charge in [-0.25, -0.2) is 0 Å². The number of aryl methyl sites for hydroxylation is 1. The molecule has 2 aromatic carbocycles. The highest BCUT2D eigenvalue weighted by Gasteiger charge is 2.46. The zero-order valence-corrected chi connectivity index (χ0v) is 18.2. The lowest BCUT2D eigenvalue weighted by molar-refractivity contribution is -0.139. The summed E-state index contributed by atoms with van der Waals surface area (Å²) in [5.41, 5.74) is 1.36. The molecule has 2 N–H and O–H groups in total. The van der Waals surface area contributed by atoms with Gasteiger partial charge < -0.3 is 19.8 Å². The third-order valence-corrected chi connectivity index (χ3v) is 5.52. The molecule has 2 aromatic rings. The third-order valence-electron chi connectivity index (χ3n) is 4.94. The molecule has 1 unspecified atom stereocenters. The summed E-state index contributed by atoms with van der Waals surface area (Å²) in [6.45, 7) is 3.97. The first-order valence-corrected chi connectivity index (χ1v) is 10.1. The van der Waals surface area contributed by atoms with Crippen LogP contribution in [0.15, 0.2) is 35.9 Å². The molecular formula is C22H21Cl2NO5. The topological polar surface area (TPSA) is 87.1 Å². The molecule has 0 aromatic heterocycles. The van der Waals surface area contributed by atoms with Gasteiger partial charge in [0, 0.05) is 6.54 Å². The summed E-state index contributed by atoms with van der Waals surface area (Å²) in [6.07, 6.45) is 0.606. The van der Waals surface area contributed by atoms with Crippen molar-refractivity contribution >= 4 is 40.7 Å². The third kappa shape index (κ3) is 3.73. The number of rotatable bonds is 5. The Morgan fingerprint density at radius 2 is 1.87 bits per heavy atom. The van der Waals surface area contributed by atoms with E-state index < -0.39 is 17.7 Å². The zero-order valence-electron chi connectivity index (χ0n) is 16.7. The van der Waals surface area contributed by atoms with Crippen LogP contribution in [0.3, 0.4) is 0 Å². The van der Waals surface area contributed by atoms with Gasteiger partial charge in [-0.2, -0.15) is 0 Å². The number of carbonyl (C=O) groups is 2. The van der Waals surface area contributed by atoms with Crippen molar-refractivity contribution in [3.05, 3.63) is 62.6 Å². The summed E-state index contributed by atoms with van der Waals surface area (Å²) in [6, 6.07) is 6.86. The molecule has 1 amide bonds. The maximum Gasteiger partial charge on any atom is 0.295 e. The van der Waals surface area contributed by atoms with Crippen molar-refractivity contribution in [1.29, 1.82) is 0 Å². The van der Waals surface area contributed by atoms with Crippen molar-refractivity contribution in [3.8, 4) is 11.5 Å². The minimum absolute atomic E-state index is 0.0748. The average molecular weight is 450 g/mol. The number of aromatic hydroxyl groups is 1. The number of nitrogens with zero attached hydrogens (tertiary/aromatic N) is 1. The number of hydrogen-bond acceptors (Lipinski definition) is 5. The Morgan fingerprint density at radius 3 is 2.47 bits per heavy atom. The van der Waals surface area contributed by atoms with Gasteiger partial charge in [0.15, 0.2) is 0 Å². The van der Waals surface area contributed by atoms with Crippen molar-refractivity contribution in [3.63, 3.8) is 0 Å². The molecule has 0 saturated carbocycles. The number of phenols is 1. The number of ketones is 1. The molecule has 0 bridgehead atoms. The van der Waals surface area contributed by atoms with Crippen LogP contribution >= 0.6 is 23.2 Å². The molecule has 0 aliphatic carbocycles. The number of ether oxygens (including phenoxy) is 1. The lowest BCUT2D eigenvalue weighted by Gasteiger charge is -2.25. The van der Waals surface area contributed by atoms with Crippen LogP contribution in [-0.2, 0) is 9.59 Å². The smallest absolute Gasteiger partial charge is 0.295 e. The molecule has 1 fully saturated rings. The summed E-state index contributed by atoms with van der Waals surface area (Å²) >= 11 is 12.3. The SMILES string of the molecule is CCCN1C(=O)C(=O)/C(=C(/O)c2cc(C)cc(Cl)c2OC)C1c1ccc(O)c(Cl)c1. The van der Waals surface area contributed by atoms with E-state index in [1.165, 1.54) is 24.1 Å². The van der Waals surface area contributed by atoms with Gasteiger partial charge in [-0.05, 0) is 48.7 Å². The zero-order chi connectivity index (χ0) is 22.2. The van der Waals surface area contributed by atoms with Gasteiger partial charge in [-0.1, -0.05) is 36.2 Å². The first kappa shape index (κ1) is 22.0. The van der Waals surface area contributed by atoms with E-state index in [4.69, 9.17) is 27.9 Å². The van der Waals surface area contributed by atoms with Gasteiger partial charge in [0.1, 0.15) is 17.3 Å². The lowest BCUT2D eigenvalue weighted by atomic mass is 9.94. The van der Waals surface area contributed by atoms with E-state index in [9.17, 15) is 19.8 Å². The molecular weight excluding hydrogens is 429 g/mol. The maximum absolute atomic E-state index is 12.9. The van der Waals surface area contributed by atoms with E-state index in [1.807, 2.05) is 6.92 Å². The average Bonchev–Trinajstić information content (AvgIpc) is 2.94. The van der Waals surface area contributed by atoms with Crippen LogP contribution in [0.5, 0.6) is 11.5 Å². The molecule has 1 atom stereocenters. The fraction of sp³-hybridized carbons (Fsp3) is 0.273. The fourth-order valence-corrected chi connectivity index (χ4v) is 4.19. The molecule has 6 nitrogen and oxygen atoms in total. The minimum atomic E-state index is -0.868. The second kappa shape index (κ2) is 8.58. The molecule has 1 aliphatic rings. The molecule has 30 heavy (non-hydrogen) atoms. The molecule has 1 saturated heterocycles. The number of aliphatic hydroxyl groups excluding tert-OH is 1. The van der Waals surface area contributed by atoms with E-state index in [1.54, 1.807) is 25.1 Å². The van der Waals surface area contributed by atoms with Crippen LogP contribution in [0.4, 0.5) is 0 Å². The second-order valence-corrected chi connectivity index (χ2v) is 7.85. The summed E-state index contributed by atoms with van der Waals surface area (Å²) in [7, 11) is 1.40. The first-order valence-electron chi connectivity index (χ1n) is 9.32. The van der Waals surface area contributed by atoms with Gasteiger partial charge in [0.2, 0.25) is 0 Å². The van der Waals surface area contributed by atoms with Gasteiger partial charge >= 0.3 is 0 Å². The predicted octanol–water partition coefficient (Wildman–Crippen LogP) is 4.85.